The van der Waals surface area contributed by atoms with E-state index in [0.29, 0.717) is 17.1 Å². The Morgan fingerprint density at radius 2 is 1.79 bits per heavy atom. The van der Waals surface area contributed by atoms with Crippen LogP contribution in [0.15, 0.2) is 36.4 Å². The van der Waals surface area contributed by atoms with Gasteiger partial charge in [0.1, 0.15) is 17.2 Å². The molecule has 2 aromatic carbocycles. The zero-order chi connectivity index (χ0) is 17.7. The maximum absolute atomic E-state index is 12.1. The first-order valence-electron chi connectivity index (χ1n) is 7.51. The molecular weight excluding hydrogens is 308 g/mol. The number of aryl methyl sites for hydroxylation is 1. The summed E-state index contributed by atoms with van der Waals surface area (Å²) >= 11 is 0. The quantitative estimate of drug-likeness (QED) is 0.461. The number of ether oxygens (including phenoxy) is 3. The fourth-order valence-corrected chi connectivity index (χ4v) is 2.17. The molecule has 5 heteroatoms. The van der Waals surface area contributed by atoms with Gasteiger partial charge in [0.2, 0.25) is 0 Å². The van der Waals surface area contributed by atoms with Gasteiger partial charge in [-0.05, 0) is 50.1 Å². The summed E-state index contributed by atoms with van der Waals surface area (Å²) in [4.78, 5) is 23.7. The van der Waals surface area contributed by atoms with Crippen molar-refractivity contribution in [3.63, 3.8) is 0 Å². The van der Waals surface area contributed by atoms with Crippen LogP contribution in [0, 0.1) is 13.8 Å². The van der Waals surface area contributed by atoms with E-state index in [4.69, 9.17) is 14.2 Å². The van der Waals surface area contributed by atoms with Crippen LogP contribution in [0.4, 0.5) is 0 Å². The molecule has 24 heavy (non-hydrogen) atoms. The van der Waals surface area contributed by atoms with Crippen LogP contribution >= 0.6 is 0 Å². The average molecular weight is 328 g/mol. The molecule has 0 aromatic heterocycles. The first-order chi connectivity index (χ1) is 11.4. The molecule has 0 bridgehead atoms. The van der Waals surface area contributed by atoms with Crippen LogP contribution in [-0.2, 0) is 4.79 Å². The zero-order valence-electron chi connectivity index (χ0n) is 14.2. The summed E-state index contributed by atoms with van der Waals surface area (Å²) in [5, 5.41) is 0. The minimum atomic E-state index is -0.591. The van der Waals surface area contributed by atoms with Crippen LogP contribution in [0.2, 0.25) is 0 Å². The standard InChI is InChI=1S/C19H20O5/c1-12-6-5-7-17(13(12)2)23-11-19(21)24-18-10-15(22-4)8-9-16(18)14(3)20/h5-10H,11H2,1-4H3. The molecule has 0 aliphatic rings. The van der Waals surface area contributed by atoms with E-state index in [1.807, 2.05) is 26.0 Å². The van der Waals surface area contributed by atoms with Crippen LogP contribution in [0.5, 0.6) is 17.2 Å². The minimum absolute atomic E-state index is 0.163. The fraction of sp³-hybridized carbons (Fsp3) is 0.263. The zero-order valence-corrected chi connectivity index (χ0v) is 14.2. The lowest BCUT2D eigenvalue weighted by atomic mass is 10.1. The molecule has 2 rings (SSSR count). The van der Waals surface area contributed by atoms with Crippen molar-refractivity contribution in [2.24, 2.45) is 0 Å². The molecule has 5 nitrogen and oxygen atoms in total. The van der Waals surface area contributed by atoms with Gasteiger partial charge < -0.3 is 14.2 Å². The van der Waals surface area contributed by atoms with Gasteiger partial charge in [-0.2, -0.15) is 0 Å². The molecule has 0 saturated carbocycles. The van der Waals surface area contributed by atoms with Crippen molar-refractivity contribution in [2.75, 3.05) is 13.7 Å². The van der Waals surface area contributed by atoms with Crippen molar-refractivity contribution in [3.05, 3.63) is 53.1 Å². The highest BCUT2D eigenvalue weighted by Gasteiger charge is 2.15. The van der Waals surface area contributed by atoms with E-state index in [-0.39, 0.29) is 18.1 Å². The van der Waals surface area contributed by atoms with E-state index in [1.54, 1.807) is 18.2 Å². The van der Waals surface area contributed by atoms with Crippen LogP contribution < -0.4 is 14.2 Å². The van der Waals surface area contributed by atoms with E-state index in [0.717, 1.165) is 11.1 Å². The number of hydrogen-bond donors (Lipinski definition) is 0. The van der Waals surface area contributed by atoms with E-state index < -0.39 is 5.97 Å². The summed E-state index contributed by atoms with van der Waals surface area (Å²) < 4.78 is 15.9. The van der Waals surface area contributed by atoms with Crippen molar-refractivity contribution in [3.8, 4) is 17.2 Å². The van der Waals surface area contributed by atoms with E-state index in [2.05, 4.69) is 0 Å². The van der Waals surface area contributed by atoms with Gasteiger partial charge >= 0.3 is 5.97 Å². The van der Waals surface area contributed by atoms with Gasteiger partial charge in [0.15, 0.2) is 12.4 Å². The van der Waals surface area contributed by atoms with E-state index >= 15 is 0 Å². The van der Waals surface area contributed by atoms with Crippen molar-refractivity contribution in [1.29, 1.82) is 0 Å². The van der Waals surface area contributed by atoms with Crippen molar-refractivity contribution in [1.82, 2.24) is 0 Å². The van der Waals surface area contributed by atoms with Crippen molar-refractivity contribution >= 4 is 11.8 Å². The third kappa shape index (κ3) is 4.13. The van der Waals surface area contributed by atoms with Crippen molar-refractivity contribution in [2.45, 2.75) is 20.8 Å². The normalized spacial score (nSPS) is 10.2. The molecule has 0 unspecified atom stereocenters. The molecule has 0 aliphatic carbocycles. The summed E-state index contributed by atoms with van der Waals surface area (Å²) in [7, 11) is 1.50. The summed E-state index contributed by atoms with van der Waals surface area (Å²) in [6, 6.07) is 10.3. The molecule has 0 radical (unpaired) electrons. The summed E-state index contributed by atoms with van der Waals surface area (Å²) in [5.74, 6) is 0.501. The van der Waals surface area contributed by atoms with Gasteiger partial charge in [-0.1, -0.05) is 12.1 Å². The highest BCUT2D eigenvalue weighted by Crippen LogP contribution is 2.26. The first-order valence-corrected chi connectivity index (χ1v) is 7.51. The molecule has 0 amide bonds. The lowest BCUT2D eigenvalue weighted by molar-refractivity contribution is -0.136. The Balaban J connectivity index is 2.09. The SMILES string of the molecule is COc1ccc(C(C)=O)c(OC(=O)COc2cccc(C)c2C)c1. The molecule has 126 valence electrons. The summed E-state index contributed by atoms with van der Waals surface area (Å²) in [6.07, 6.45) is 0. The molecular formula is C19H20O5. The lowest BCUT2D eigenvalue weighted by Crippen LogP contribution is -2.19. The summed E-state index contributed by atoms with van der Waals surface area (Å²) in [5.41, 5.74) is 2.36. The first kappa shape index (κ1) is 17.5. The molecule has 0 heterocycles. The highest BCUT2D eigenvalue weighted by atomic mass is 16.6. The van der Waals surface area contributed by atoms with E-state index in [1.165, 1.54) is 20.1 Å². The Labute approximate surface area is 141 Å². The number of carbonyl (C=O) groups is 2. The Bertz CT molecular complexity index is 764. The lowest BCUT2D eigenvalue weighted by Gasteiger charge is -2.12. The molecule has 0 fully saturated rings. The van der Waals surface area contributed by atoms with Gasteiger partial charge in [-0.25, -0.2) is 4.79 Å². The smallest absolute Gasteiger partial charge is 0.349 e. The molecule has 0 aliphatic heterocycles. The number of hydrogen-bond acceptors (Lipinski definition) is 5. The van der Waals surface area contributed by atoms with Gasteiger partial charge in [-0.15, -0.1) is 0 Å². The molecule has 0 saturated heterocycles. The topological polar surface area (TPSA) is 61.8 Å². The minimum Gasteiger partial charge on any atom is -0.497 e. The van der Waals surface area contributed by atoms with Gasteiger partial charge in [0.25, 0.3) is 0 Å². The number of carbonyl (C=O) groups excluding carboxylic acids is 2. The number of esters is 1. The van der Waals surface area contributed by atoms with E-state index in [9.17, 15) is 9.59 Å². The van der Waals surface area contributed by atoms with Crippen LogP contribution in [0.25, 0.3) is 0 Å². The maximum Gasteiger partial charge on any atom is 0.349 e. The highest BCUT2D eigenvalue weighted by molar-refractivity contribution is 5.97. The molecule has 0 atom stereocenters. The van der Waals surface area contributed by atoms with Gasteiger partial charge in [-0.3, -0.25) is 4.79 Å². The van der Waals surface area contributed by atoms with Crippen molar-refractivity contribution < 1.29 is 23.8 Å². The fourth-order valence-electron chi connectivity index (χ4n) is 2.17. The third-order valence-electron chi connectivity index (χ3n) is 3.69. The second-order valence-corrected chi connectivity index (χ2v) is 5.38. The summed E-state index contributed by atoms with van der Waals surface area (Å²) in [6.45, 7) is 5.05. The number of methoxy groups -OCH3 is 1. The van der Waals surface area contributed by atoms with Crippen LogP contribution in [0.3, 0.4) is 0 Å². The number of Topliss-reactive ketones (excluding diaryl/α,β-unsaturated/α-hetero) is 1. The number of ketones is 1. The monoisotopic (exact) mass is 328 g/mol. The largest absolute Gasteiger partial charge is 0.497 e. The van der Waals surface area contributed by atoms with Crippen LogP contribution in [0.1, 0.15) is 28.4 Å². The third-order valence-corrected chi connectivity index (χ3v) is 3.69. The molecule has 0 N–H and O–H groups in total. The predicted molar refractivity (Wildman–Crippen MR) is 90.0 cm³/mol. The Kier molecular flexibility index (Phi) is 5.58. The average Bonchev–Trinajstić information content (AvgIpc) is 2.55. The van der Waals surface area contributed by atoms with Gasteiger partial charge in [0, 0.05) is 6.07 Å². The van der Waals surface area contributed by atoms with Gasteiger partial charge in [0.05, 0.1) is 12.7 Å². The molecule has 0 spiro atoms. The second kappa shape index (κ2) is 7.64. The number of rotatable bonds is 6. The Hall–Kier alpha value is -2.82. The van der Waals surface area contributed by atoms with Crippen LogP contribution in [-0.4, -0.2) is 25.5 Å². The second-order valence-electron chi connectivity index (χ2n) is 5.38. The maximum atomic E-state index is 12.1. The predicted octanol–water partition coefficient (Wildman–Crippen LogP) is 3.50. The number of benzene rings is 2. The molecule has 2 aromatic rings. The Morgan fingerprint density at radius 3 is 2.46 bits per heavy atom. The Morgan fingerprint density at radius 1 is 1.04 bits per heavy atom.